The second kappa shape index (κ2) is 7.95. The van der Waals surface area contributed by atoms with Crippen molar-refractivity contribution in [1.29, 1.82) is 0 Å². The van der Waals surface area contributed by atoms with E-state index < -0.39 is 12.5 Å². The minimum atomic E-state index is -0.931. The Labute approximate surface area is 124 Å². The third kappa shape index (κ3) is 4.55. The van der Waals surface area contributed by atoms with Gasteiger partial charge in [0.15, 0.2) is 24.0 Å². The summed E-state index contributed by atoms with van der Waals surface area (Å²) in [5, 5.41) is 19.1. The zero-order chi connectivity index (χ0) is 15.2. The number of aliphatic hydroxyl groups excluding tert-OH is 2. The van der Waals surface area contributed by atoms with Crippen LogP contribution in [0.2, 0.25) is 0 Å². The topological polar surface area (TPSA) is 90.3 Å². The van der Waals surface area contributed by atoms with E-state index in [1.807, 2.05) is 0 Å². The summed E-state index contributed by atoms with van der Waals surface area (Å²) in [5.41, 5.74) is 0. The number of carbonyl (C=O) groups excluding carboxylic acids is 2. The number of ketones is 2. The standard InChI is InChI=1S/C14H24N2O5/c17-11-3-7-15(13(11)19)5-1-9-21-10-2-6-16-8-4-12(18)14(16)20/h13-14,19-20H,1-10H2. The molecule has 21 heavy (non-hydrogen) atoms. The van der Waals surface area contributed by atoms with Crippen molar-refractivity contribution >= 4 is 11.6 Å². The number of rotatable bonds is 8. The summed E-state index contributed by atoms with van der Waals surface area (Å²) in [5.74, 6) is -0.204. The van der Waals surface area contributed by atoms with Gasteiger partial charge >= 0.3 is 0 Å². The molecule has 2 rings (SSSR count). The van der Waals surface area contributed by atoms with Crippen LogP contribution >= 0.6 is 0 Å². The Morgan fingerprint density at radius 2 is 1.33 bits per heavy atom. The van der Waals surface area contributed by atoms with Gasteiger partial charge in [0.2, 0.25) is 0 Å². The van der Waals surface area contributed by atoms with Crippen LogP contribution in [0.25, 0.3) is 0 Å². The predicted molar refractivity (Wildman–Crippen MR) is 74.5 cm³/mol. The highest BCUT2D eigenvalue weighted by Gasteiger charge is 2.30. The van der Waals surface area contributed by atoms with Crippen LogP contribution in [0, 0.1) is 0 Å². The molecule has 2 atom stereocenters. The fraction of sp³-hybridized carbons (Fsp3) is 0.857. The minimum absolute atomic E-state index is 0.102. The zero-order valence-electron chi connectivity index (χ0n) is 12.2. The average Bonchev–Trinajstić information content (AvgIpc) is 2.96. The average molecular weight is 300 g/mol. The molecule has 0 aliphatic carbocycles. The number of hydrogen-bond donors (Lipinski definition) is 2. The molecule has 0 saturated carbocycles. The van der Waals surface area contributed by atoms with Crippen molar-refractivity contribution < 1.29 is 24.5 Å². The Hall–Kier alpha value is -0.860. The molecular weight excluding hydrogens is 276 g/mol. The van der Waals surface area contributed by atoms with Crippen LogP contribution in [0.5, 0.6) is 0 Å². The first kappa shape index (κ1) is 16.5. The molecule has 120 valence electrons. The Kier molecular flexibility index (Phi) is 6.25. The van der Waals surface area contributed by atoms with Gasteiger partial charge in [0.1, 0.15) is 0 Å². The van der Waals surface area contributed by atoms with E-state index in [0.29, 0.717) is 52.2 Å². The number of Topliss-reactive ketones (excluding diaryl/α,β-unsaturated/α-hetero) is 2. The molecule has 2 unspecified atom stereocenters. The van der Waals surface area contributed by atoms with Gasteiger partial charge in [-0.2, -0.15) is 0 Å². The molecule has 0 bridgehead atoms. The lowest BCUT2D eigenvalue weighted by Gasteiger charge is -2.19. The van der Waals surface area contributed by atoms with Crippen LogP contribution in [0.3, 0.4) is 0 Å². The second-order valence-corrected chi connectivity index (χ2v) is 5.57. The molecule has 0 aromatic rings. The van der Waals surface area contributed by atoms with Crippen molar-refractivity contribution in [2.24, 2.45) is 0 Å². The number of likely N-dealkylation sites (tertiary alicyclic amines) is 2. The summed E-state index contributed by atoms with van der Waals surface area (Å²) >= 11 is 0. The van der Waals surface area contributed by atoms with Gasteiger partial charge in [-0.15, -0.1) is 0 Å². The third-order valence-corrected chi connectivity index (χ3v) is 4.03. The summed E-state index contributed by atoms with van der Waals surface area (Å²) in [4.78, 5) is 25.8. The number of carbonyl (C=O) groups is 2. The Balaban J connectivity index is 1.46. The van der Waals surface area contributed by atoms with Crippen LogP contribution < -0.4 is 0 Å². The second-order valence-electron chi connectivity index (χ2n) is 5.57. The summed E-state index contributed by atoms with van der Waals surface area (Å²) in [6.07, 6.45) is 0.542. The van der Waals surface area contributed by atoms with Crippen molar-refractivity contribution in [3.63, 3.8) is 0 Å². The minimum Gasteiger partial charge on any atom is -0.381 e. The number of ether oxygens (including phenoxy) is 1. The molecule has 0 radical (unpaired) electrons. The Bertz CT molecular complexity index is 342. The highest BCUT2D eigenvalue weighted by atomic mass is 16.5. The van der Waals surface area contributed by atoms with Crippen LogP contribution in [-0.2, 0) is 14.3 Å². The Morgan fingerprint density at radius 1 is 0.905 bits per heavy atom. The molecule has 0 aromatic heterocycles. The first-order chi connectivity index (χ1) is 10.1. The fourth-order valence-corrected chi connectivity index (χ4v) is 2.73. The molecule has 0 aromatic carbocycles. The first-order valence-electron chi connectivity index (χ1n) is 7.57. The monoisotopic (exact) mass is 300 g/mol. The van der Waals surface area contributed by atoms with E-state index in [0.717, 1.165) is 12.8 Å². The SMILES string of the molecule is O=C1CCN(CCCOCCCN2CCC(=O)C2O)C1O. The summed E-state index contributed by atoms with van der Waals surface area (Å²) < 4.78 is 5.49. The molecule has 2 fully saturated rings. The lowest BCUT2D eigenvalue weighted by molar-refractivity contribution is -0.129. The molecule has 7 nitrogen and oxygen atoms in total. The molecule has 2 saturated heterocycles. The Morgan fingerprint density at radius 3 is 1.67 bits per heavy atom. The van der Waals surface area contributed by atoms with Crippen LogP contribution in [-0.4, -0.2) is 83.4 Å². The van der Waals surface area contributed by atoms with E-state index in [1.54, 1.807) is 9.80 Å². The van der Waals surface area contributed by atoms with Gasteiger partial charge in [-0.05, 0) is 12.8 Å². The number of nitrogens with zero attached hydrogens (tertiary/aromatic N) is 2. The van der Waals surface area contributed by atoms with E-state index in [9.17, 15) is 19.8 Å². The maximum absolute atomic E-state index is 11.2. The summed E-state index contributed by atoms with van der Waals surface area (Å²) in [6.45, 7) is 3.73. The normalized spacial score (nSPS) is 27.9. The van der Waals surface area contributed by atoms with Gasteiger partial charge in [-0.3, -0.25) is 19.4 Å². The van der Waals surface area contributed by atoms with Gasteiger partial charge in [0.05, 0.1) is 0 Å². The van der Waals surface area contributed by atoms with Crippen LogP contribution in [0.4, 0.5) is 0 Å². The highest BCUT2D eigenvalue weighted by molar-refractivity contribution is 5.84. The summed E-state index contributed by atoms with van der Waals surface area (Å²) in [7, 11) is 0. The van der Waals surface area contributed by atoms with Gasteiger partial charge in [0.25, 0.3) is 0 Å². The maximum Gasteiger partial charge on any atom is 0.177 e. The van der Waals surface area contributed by atoms with Crippen molar-refractivity contribution in [2.75, 3.05) is 39.4 Å². The van der Waals surface area contributed by atoms with Crippen molar-refractivity contribution in [3.8, 4) is 0 Å². The van der Waals surface area contributed by atoms with Crippen LogP contribution in [0.15, 0.2) is 0 Å². The van der Waals surface area contributed by atoms with Gasteiger partial charge in [-0.1, -0.05) is 0 Å². The van der Waals surface area contributed by atoms with E-state index in [-0.39, 0.29) is 11.6 Å². The molecular formula is C14H24N2O5. The largest absolute Gasteiger partial charge is 0.381 e. The van der Waals surface area contributed by atoms with Gasteiger partial charge < -0.3 is 14.9 Å². The fourth-order valence-electron chi connectivity index (χ4n) is 2.73. The van der Waals surface area contributed by atoms with Crippen molar-refractivity contribution in [3.05, 3.63) is 0 Å². The van der Waals surface area contributed by atoms with E-state index in [1.165, 1.54) is 0 Å². The highest BCUT2D eigenvalue weighted by Crippen LogP contribution is 2.12. The first-order valence-corrected chi connectivity index (χ1v) is 7.57. The molecule has 0 amide bonds. The molecule has 2 aliphatic rings. The van der Waals surface area contributed by atoms with Crippen LogP contribution in [0.1, 0.15) is 25.7 Å². The predicted octanol–water partition coefficient (Wildman–Crippen LogP) is -1.03. The molecule has 2 aliphatic heterocycles. The van der Waals surface area contributed by atoms with Gasteiger partial charge in [0, 0.05) is 52.2 Å². The third-order valence-electron chi connectivity index (χ3n) is 4.03. The lowest BCUT2D eigenvalue weighted by Crippen LogP contribution is -2.34. The maximum atomic E-state index is 11.2. The van der Waals surface area contributed by atoms with Crippen molar-refractivity contribution in [1.82, 2.24) is 9.80 Å². The molecule has 2 heterocycles. The van der Waals surface area contributed by atoms with E-state index in [2.05, 4.69) is 0 Å². The molecule has 2 N–H and O–H groups in total. The number of hydrogen-bond acceptors (Lipinski definition) is 7. The summed E-state index contributed by atoms with van der Waals surface area (Å²) in [6, 6.07) is 0. The number of aliphatic hydroxyl groups is 2. The van der Waals surface area contributed by atoms with Gasteiger partial charge in [-0.25, -0.2) is 0 Å². The quantitative estimate of drug-likeness (QED) is 0.554. The van der Waals surface area contributed by atoms with E-state index >= 15 is 0 Å². The smallest absolute Gasteiger partial charge is 0.177 e. The lowest BCUT2D eigenvalue weighted by atomic mass is 10.3. The van der Waals surface area contributed by atoms with E-state index in [4.69, 9.17) is 4.74 Å². The molecule has 0 spiro atoms. The zero-order valence-corrected chi connectivity index (χ0v) is 12.2. The van der Waals surface area contributed by atoms with Crippen molar-refractivity contribution in [2.45, 2.75) is 38.1 Å². The molecule has 7 heteroatoms.